The molecule has 0 radical (unpaired) electrons. The largest absolute Gasteiger partial charge is 0.396 e. The molecule has 6 nitrogen and oxygen atoms in total. The van der Waals surface area contributed by atoms with Crippen LogP contribution in [-0.2, 0) is 16.4 Å². The maximum atomic E-state index is 11.6. The Morgan fingerprint density at radius 1 is 1.17 bits per heavy atom. The molecule has 0 spiro atoms. The molecule has 1 N–H and O–H groups in total. The van der Waals surface area contributed by atoms with Gasteiger partial charge in [-0.05, 0) is 30.4 Å². The van der Waals surface area contributed by atoms with Crippen LogP contribution in [0.3, 0.4) is 0 Å². The molecule has 1 aromatic carbocycles. The number of benzene rings is 1. The lowest BCUT2D eigenvalue weighted by atomic mass is 10.1. The molecule has 0 amide bonds. The number of nitrogens with zero attached hydrogens (tertiary/aromatic N) is 3. The van der Waals surface area contributed by atoms with E-state index in [1.165, 1.54) is 10.6 Å². The van der Waals surface area contributed by atoms with Gasteiger partial charge in [0.15, 0.2) is 0 Å². The number of aliphatic hydroxyl groups is 1. The van der Waals surface area contributed by atoms with Gasteiger partial charge in [-0.3, -0.25) is 4.68 Å². The van der Waals surface area contributed by atoms with Gasteiger partial charge in [-0.1, -0.05) is 24.3 Å². The number of hydrogen-bond acceptors (Lipinski definition) is 4. The summed E-state index contributed by atoms with van der Waals surface area (Å²) in [6.45, 7) is 1.26. The Labute approximate surface area is 142 Å². The summed E-state index contributed by atoms with van der Waals surface area (Å²) in [6.07, 6.45) is 7.37. The van der Waals surface area contributed by atoms with Crippen molar-refractivity contribution in [1.82, 2.24) is 14.1 Å². The molecular weight excluding hydrogens is 326 g/mol. The van der Waals surface area contributed by atoms with E-state index < -0.39 is 10.0 Å². The molecule has 24 heavy (non-hydrogen) atoms. The third-order valence-electron chi connectivity index (χ3n) is 4.56. The lowest BCUT2D eigenvalue weighted by Crippen LogP contribution is -2.38. The molecule has 130 valence electrons. The van der Waals surface area contributed by atoms with Crippen LogP contribution in [-0.4, -0.2) is 53.6 Å². The first-order valence-corrected chi connectivity index (χ1v) is 10.0. The van der Waals surface area contributed by atoms with Crippen molar-refractivity contribution in [1.29, 1.82) is 0 Å². The van der Waals surface area contributed by atoms with E-state index >= 15 is 0 Å². The Hall–Kier alpha value is -1.70. The van der Waals surface area contributed by atoms with E-state index in [0.29, 0.717) is 19.5 Å². The SMILES string of the molecule is CS(=O)(=O)N1CCC(n2cc(-c3ccc(CCO)cc3)cn2)CC1. The highest BCUT2D eigenvalue weighted by atomic mass is 32.2. The molecule has 0 aliphatic carbocycles. The molecule has 1 aliphatic rings. The van der Waals surface area contributed by atoms with Crippen LogP contribution in [0.5, 0.6) is 0 Å². The maximum Gasteiger partial charge on any atom is 0.211 e. The summed E-state index contributed by atoms with van der Waals surface area (Å²) in [5.74, 6) is 0. The molecule has 1 saturated heterocycles. The van der Waals surface area contributed by atoms with E-state index in [2.05, 4.69) is 5.10 Å². The van der Waals surface area contributed by atoms with Crippen molar-refractivity contribution in [3.8, 4) is 11.1 Å². The predicted molar refractivity (Wildman–Crippen MR) is 93.1 cm³/mol. The first-order chi connectivity index (χ1) is 11.5. The number of sulfonamides is 1. The quantitative estimate of drug-likeness (QED) is 0.891. The van der Waals surface area contributed by atoms with E-state index in [-0.39, 0.29) is 12.6 Å². The first kappa shape index (κ1) is 17.1. The minimum Gasteiger partial charge on any atom is -0.396 e. The normalized spacial score (nSPS) is 17.2. The zero-order valence-corrected chi connectivity index (χ0v) is 14.6. The van der Waals surface area contributed by atoms with E-state index in [9.17, 15) is 8.42 Å². The fraction of sp³-hybridized carbons (Fsp3) is 0.471. The van der Waals surface area contributed by atoms with Crippen LogP contribution in [0.2, 0.25) is 0 Å². The van der Waals surface area contributed by atoms with Crippen LogP contribution in [0.4, 0.5) is 0 Å². The number of aliphatic hydroxyl groups excluding tert-OH is 1. The Morgan fingerprint density at radius 2 is 1.83 bits per heavy atom. The Balaban J connectivity index is 1.68. The van der Waals surface area contributed by atoms with Gasteiger partial charge in [0.05, 0.1) is 18.5 Å². The average molecular weight is 349 g/mol. The lowest BCUT2D eigenvalue weighted by Gasteiger charge is -2.30. The van der Waals surface area contributed by atoms with Crippen molar-refractivity contribution in [2.75, 3.05) is 26.0 Å². The highest BCUT2D eigenvalue weighted by Gasteiger charge is 2.26. The molecule has 0 unspecified atom stereocenters. The first-order valence-electron chi connectivity index (χ1n) is 8.17. The number of aromatic nitrogens is 2. The minimum absolute atomic E-state index is 0.156. The summed E-state index contributed by atoms with van der Waals surface area (Å²) in [7, 11) is -3.09. The second-order valence-electron chi connectivity index (χ2n) is 6.27. The van der Waals surface area contributed by atoms with Gasteiger partial charge in [0, 0.05) is 31.5 Å². The smallest absolute Gasteiger partial charge is 0.211 e. The van der Waals surface area contributed by atoms with E-state index in [1.807, 2.05) is 41.3 Å². The zero-order chi connectivity index (χ0) is 17.2. The Kier molecular flexibility index (Phi) is 5.03. The summed E-state index contributed by atoms with van der Waals surface area (Å²) < 4.78 is 26.7. The van der Waals surface area contributed by atoms with Gasteiger partial charge in [0.25, 0.3) is 0 Å². The van der Waals surface area contributed by atoms with Gasteiger partial charge in [-0.15, -0.1) is 0 Å². The second-order valence-corrected chi connectivity index (χ2v) is 8.26. The summed E-state index contributed by atoms with van der Waals surface area (Å²) in [5, 5.41) is 13.4. The summed E-state index contributed by atoms with van der Waals surface area (Å²) >= 11 is 0. The molecule has 7 heteroatoms. The van der Waals surface area contributed by atoms with Crippen molar-refractivity contribution in [2.24, 2.45) is 0 Å². The molecule has 0 atom stereocenters. The van der Waals surface area contributed by atoms with Gasteiger partial charge in [0.1, 0.15) is 0 Å². The molecule has 0 bridgehead atoms. The van der Waals surface area contributed by atoms with Gasteiger partial charge < -0.3 is 5.11 Å². The minimum atomic E-state index is -3.09. The molecule has 1 fully saturated rings. The highest BCUT2D eigenvalue weighted by molar-refractivity contribution is 7.88. The van der Waals surface area contributed by atoms with Gasteiger partial charge in [-0.25, -0.2) is 12.7 Å². The van der Waals surface area contributed by atoms with Crippen molar-refractivity contribution in [3.63, 3.8) is 0 Å². The topological polar surface area (TPSA) is 75.4 Å². The van der Waals surface area contributed by atoms with Crippen molar-refractivity contribution in [2.45, 2.75) is 25.3 Å². The fourth-order valence-electron chi connectivity index (χ4n) is 3.12. The van der Waals surface area contributed by atoms with Crippen molar-refractivity contribution in [3.05, 3.63) is 42.2 Å². The van der Waals surface area contributed by atoms with Crippen molar-refractivity contribution >= 4 is 10.0 Å². The summed E-state index contributed by atoms with van der Waals surface area (Å²) in [5.41, 5.74) is 3.26. The lowest BCUT2D eigenvalue weighted by molar-refractivity contribution is 0.262. The fourth-order valence-corrected chi connectivity index (χ4v) is 3.99. The average Bonchev–Trinajstić information content (AvgIpc) is 3.05. The molecule has 2 aromatic rings. The molecule has 0 saturated carbocycles. The number of rotatable bonds is 5. The summed E-state index contributed by atoms with van der Waals surface area (Å²) in [6, 6.07) is 8.36. The second kappa shape index (κ2) is 7.04. The Morgan fingerprint density at radius 3 is 2.42 bits per heavy atom. The van der Waals surface area contributed by atoms with Crippen molar-refractivity contribution < 1.29 is 13.5 Å². The predicted octanol–water partition coefficient (Wildman–Crippen LogP) is 1.68. The molecule has 1 aromatic heterocycles. The third-order valence-corrected chi connectivity index (χ3v) is 5.86. The zero-order valence-electron chi connectivity index (χ0n) is 13.8. The Bertz CT molecular complexity index is 776. The van der Waals surface area contributed by atoms with E-state index in [1.54, 1.807) is 0 Å². The molecule has 2 heterocycles. The highest BCUT2D eigenvalue weighted by Crippen LogP contribution is 2.26. The molecular formula is C17H23N3O3S. The number of piperidine rings is 1. The van der Waals surface area contributed by atoms with E-state index in [4.69, 9.17) is 5.11 Å². The van der Waals surface area contributed by atoms with Crippen LogP contribution in [0.25, 0.3) is 11.1 Å². The van der Waals surface area contributed by atoms with Crippen LogP contribution < -0.4 is 0 Å². The number of hydrogen-bond donors (Lipinski definition) is 1. The van der Waals surface area contributed by atoms with Gasteiger partial charge in [-0.2, -0.15) is 5.10 Å². The van der Waals surface area contributed by atoms with Gasteiger partial charge in [0.2, 0.25) is 10.0 Å². The third kappa shape index (κ3) is 3.85. The van der Waals surface area contributed by atoms with Crippen LogP contribution in [0.15, 0.2) is 36.7 Å². The standard InChI is InChI=1S/C17H23N3O3S/c1-24(22,23)19-9-6-17(7-10-19)20-13-16(12-18-20)15-4-2-14(3-5-15)8-11-21/h2-5,12-13,17,21H,6-11H2,1H3. The monoisotopic (exact) mass is 349 g/mol. The van der Waals surface area contributed by atoms with Crippen LogP contribution in [0, 0.1) is 0 Å². The van der Waals surface area contributed by atoms with Crippen LogP contribution >= 0.6 is 0 Å². The van der Waals surface area contributed by atoms with Crippen LogP contribution in [0.1, 0.15) is 24.4 Å². The van der Waals surface area contributed by atoms with E-state index in [0.717, 1.165) is 29.5 Å². The molecule has 3 rings (SSSR count). The van der Waals surface area contributed by atoms with Gasteiger partial charge >= 0.3 is 0 Å². The summed E-state index contributed by atoms with van der Waals surface area (Å²) in [4.78, 5) is 0. The maximum absolute atomic E-state index is 11.6. The molecule has 1 aliphatic heterocycles.